The van der Waals surface area contributed by atoms with Crippen molar-refractivity contribution in [2.75, 3.05) is 11.9 Å². The molecule has 0 atom stereocenters. The van der Waals surface area contributed by atoms with Gasteiger partial charge in [-0.15, -0.1) is 0 Å². The topological polar surface area (TPSA) is 118 Å². The van der Waals surface area contributed by atoms with Crippen molar-refractivity contribution in [2.24, 2.45) is 0 Å². The number of aromatic nitrogens is 1. The maximum absolute atomic E-state index is 12.7. The summed E-state index contributed by atoms with van der Waals surface area (Å²) in [6, 6.07) is 7.88. The number of fused-ring (bicyclic) bond motifs is 2. The Kier molecular flexibility index (Phi) is 5.68. The highest BCUT2D eigenvalue weighted by atomic mass is 32.2. The molecule has 0 unspecified atom stereocenters. The van der Waals surface area contributed by atoms with Gasteiger partial charge in [0.05, 0.1) is 0 Å². The van der Waals surface area contributed by atoms with Crippen molar-refractivity contribution in [3.8, 4) is 11.1 Å². The van der Waals surface area contributed by atoms with Gasteiger partial charge in [-0.3, -0.25) is 4.79 Å². The minimum absolute atomic E-state index is 0.0501. The Morgan fingerprint density at radius 2 is 1.94 bits per heavy atom. The molecule has 2 aromatic rings. The molecule has 1 aromatic carbocycles. The molecule has 3 heterocycles. The Hall–Kier alpha value is -2.98. The summed E-state index contributed by atoms with van der Waals surface area (Å²) >= 11 is 0. The van der Waals surface area contributed by atoms with Crippen molar-refractivity contribution in [3.63, 3.8) is 0 Å². The molecule has 0 fully saturated rings. The van der Waals surface area contributed by atoms with Gasteiger partial charge in [-0.1, -0.05) is 12.1 Å². The predicted molar refractivity (Wildman–Crippen MR) is 119 cm³/mol. The number of carbonyl (C=O) groups excluding carboxylic acids is 2. The number of anilines is 1. The Balaban J connectivity index is 1.57. The van der Waals surface area contributed by atoms with Gasteiger partial charge < -0.3 is 10.1 Å². The predicted octanol–water partition coefficient (Wildman–Crippen LogP) is 2.76. The smallest absolute Gasteiger partial charge is 0.422 e. The number of nitrogens with one attached hydrogen (secondary N) is 2. The molecule has 0 bridgehead atoms. The fourth-order valence-electron chi connectivity index (χ4n) is 3.93. The van der Waals surface area contributed by atoms with Gasteiger partial charge in [-0.2, -0.15) is 12.7 Å². The summed E-state index contributed by atoms with van der Waals surface area (Å²) in [6.45, 7) is 5.41. The Labute approximate surface area is 187 Å². The highest BCUT2D eigenvalue weighted by Crippen LogP contribution is 2.33. The van der Waals surface area contributed by atoms with Gasteiger partial charge in [0.15, 0.2) is 0 Å². The van der Waals surface area contributed by atoms with E-state index in [1.54, 1.807) is 27.0 Å². The number of rotatable bonds is 3. The van der Waals surface area contributed by atoms with Crippen LogP contribution in [0.2, 0.25) is 0 Å². The molecule has 0 radical (unpaired) electrons. The van der Waals surface area contributed by atoms with E-state index in [9.17, 15) is 18.0 Å². The highest BCUT2D eigenvalue weighted by Gasteiger charge is 2.30. The van der Waals surface area contributed by atoms with E-state index < -0.39 is 21.9 Å². The fraction of sp³-hybridized carbons (Fsp3) is 0.409. The standard InChI is InChI=1S/C22H26N4O5S/c1-22(2,3)31-21(28)25-32(29,30)26-11-9-14-4-5-15(12-16(14)13-26)17-8-10-23-20-18(17)6-7-19(27)24-20/h4-5,8,10,12H,6-7,9,11,13H2,1-3H3,(H,25,28)(H,23,24,27). The normalized spacial score (nSPS) is 16.5. The first-order valence-electron chi connectivity index (χ1n) is 10.4. The molecule has 1 aromatic heterocycles. The van der Waals surface area contributed by atoms with Crippen molar-refractivity contribution in [1.29, 1.82) is 0 Å². The summed E-state index contributed by atoms with van der Waals surface area (Å²) in [4.78, 5) is 28.0. The van der Waals surface area contributed by atoms with E-state index in [0.29, 0.717) is 25.1 Å². The van der Waals surface area contributed by atoms with Gasteiger partial charge in [0.1, 0.15) is 11.4 Å². The number of nitrogens with zero attached hydrogens (tertiary/aromatic N) is 2. The minimum atomic E-state index is -4.04. The van der Waals surface area contributed by atoms with Crippen LogP contribution in [0.25, 0.3) is 11.1 Å². The number of hydrogen-bond acceptors (Lipinski definition) is 6. The SMILES string of the molecule is CC(C)(C)OC(=O)NS(=O)(=O)N1CCc2ccc(-c3ccnc4c3CCC(=O)N4)cc2C1. The third kappa shape index (κ3) is 4.76. The molecule has 0 aliphatic carbocycles. The molecular formula is C22H26N4O5S. The number of ether oxygens (including phenoxy) is 1. The monoisotopic (exact) mass is 458 g/mol. The lowest BCUT2D eigenvalue weighted by Crippen LogP contribution is -2.46. The quantitative estimate of drug-likeness (QED) is 0.730. The number of amides is 2. The summed E-state index contributed by atoms with van der Waals surface area (Å²) in [7, 11) is -4.04. The van der Waals surface area contributed by atoms with E-state index >= 15 is 0 Å². The van der Waals surface area contributed by atoms with Crippen LogP contribution >= 0.6 is 0 Å². The molecule has 4 rings (SSSR count). The third-order valence-electron chi connectivity index (χ3n) is 5.36. The van der Waals surface area contributed by atoms with Crippen molar-refractivity contribution in [1.82, 2.24) is 14.0 Å². The van der Waals surface area contributed by atoms with Gasteiger partial charge in [0.25, 0.3) is 0 Å². The summed E-state index contributed by atoms with van der Waals surface area (Å²) in [6.07, 6.45) is 2.19. The summed E-state index contributed by atoms with van der Waals surface area (Å²) < 4.78 is 33.8. The molecule has 170 valence electrons. The van der Waals surface area contributed by atoms with E-state index in [2.05, 4.69) is 10.3 Å². The lowest BCUT2D eigenvalue weighted by molar-refractivity contribution is -0.116. The molecule has 9 nitrogen and oxygen atoms in total. The third-order valence-corrected chi connectivity index (χ3v) is 6.78. The second-order valence-electron chi connectivity index (χ2n) is 8.91. The van der Waals surface area contributed by atoms with E-state index in [1.165, 1.54) is 4.31 Å². The summed E-state index contributed by atoms with van der Waals surface area (Å²) in [5.74, 6) is 0.521. The maximum Gasteiger partial charge on any atom is 0.422 e. The lowest BCUT2D eigenvalue weighted by atomic mass is 9.91. The van der Waals surface area contributed by atoms with Crippen LogP contribution in [0.15, 0.2) is 30.5 Å². The maximum atomic E-state index is 12.7. The highest BCUT2D eigenvalue weighted by molar-refractivity contribution is 7.87. The molecule has 32 heavy (non-hydrogen) atoms. The average Bonchev–Trinajstić information content (AvgIpc) is 2.70. The Bertz CT molecular complexity index is 1190. The fourth-order valence-corrected chi connectivity index (χ4v) is 4.95. The van der Waals surface area contributed by atoms with Crippen LogP contribution < -0.4 is 10.0 Å². The van der Waals surface area contributed by atoms with E-state index in [0.717, 1.165) is 27.8 Å². The van der Waals surface area contributed by atoms with Crippen LogP contribution in [-0.4, -0.2) is 41.9 Å². The van der Waals surface area contributed by atoms with Gasteiger partial charge >= 0.3 is 16.3 Å². The summed E-state index contributed by atoms with van der Waals surface area (Å²) in [5.41, 5.74) is 4.00. The van der Waals surface area contributed by atoms with Crippen LogP contribution in [0.1, 0.15) is 43.9 Å². The van der Waals surface area contributed by atoms with Gasteiger partial charge in [0.2, 0.25) is 5.91 Å². The molecule has 0 saturated heterocycles. The number of pyridine rings is 1. The zero-order valence-corrected chi connectivity index (χ0v) is 19.1. The molecular weight excluding hydrogens is 432 g/mol. The lowest BCUT2D eigenvalue weighted by Gasteiger charge is -2.29. The zero-order valence-electron chi connectivity index (χ0n) is 18.3. The van der Waals surface area contributed by atoms with Crippen LogP contribution in [0.3, 0.4) is 0 Å². The average molecular weight is 459 g/mol. The molecule has 2 amide bonds. The van der Waals surface area contributed by atoms with Crippen molar-refractivity contribution in [2.45, 2.75) is 52.2 Å². The molecule has 10 heteroatoms. The first kappa shape index (κ1) is 22.2. The second-order valence-corrected chi connectivity index (χ2v) is 10.6. The van der Waals surface area contributed by atoms with E-state index in [4.69, 9.17) is 4.74 Å². The Morgan fingerprint density at radius 3 is 2.69 bits per heavy atom. The molecule has 0 spiro atoms. The van der Waals surface area contributed by atoms with Crippen LogP contribution in [0, 0.1) is 0 Å². The number of hydrogen-bond donors (Lipinski definition) is 2. The van der Waals surface area contributed by atoms with Crippen LogP contribution in [-0.2, 0) is 39.1 Å². The molecule has 2 N–H and O–H groups in total. The number of benzene rings is 1. The van der Waals surface area contributed by atoms with Gasteiger partial charge in [-0.25, -0.2) is 14.5 Å². The van der Waals surface area contributed by atoms with Crippen molar-refractivity contribution >= 4 is 28.0 Å². The molecule has 2 aliphatic rings. The molecule has 0 saturated carbocycles. The van der Waals surface area contributed by atoms with Gasteiger partial charge in [0, 0.05) is 31.3 Å². The first-order chi connectivity index (χ1) is 15.0. The largest absolute Gasteiger partial charge is 0.443 e. The van der Waals surface area contributed by atoms with Crippen LogP contribution in [0.5, 0.6) is 0 Å². The second kappa shape index (κ2) is 8.18. The first-order valence-corrected chi connectivity index (χ1v) is 11.9. The van der Waals surface area contributed by atoms with Crippen molar-refractivity contribution in [3.05, 3.63) is 47.2 Å². The van der Waals surface area contributed by atoms with Crippen LogP contribution in [0.4, 0.5) is 10.6 Å². The molecule has 2 aliphatic heterocycles. The van der Waals surface area contributed by atoms with E-state index in [-0.39, 0.29) is 19.0 Å². The van der Waals surface area contributed by atoms with E-state index in [1.807, 2.05) is 29.0 Å². The Morgan fingerprint density at radius 1 is 1.16 bits per heavy atom. The van der Waals surface area contributed by atoms with Crippen molar-refractivity contribution < 1.29 is 22.7 Å². The van der Waals surface area contributed by atoms with Gasteiger partial charge in [-0.05, 0) is 68.0 Å². The minimum Gasteiger partial charge on any atom is -0.443 e. The number of carbonyl (C=O) groups is 2. The summed E-state index contributed by atoms with van der Waals surface area (Å²) in [5, 5.41) is 2.80. The zero-order chi connectivity index (χ0) is 23.1.